The topological polar surface area (TPSA) is 65.5 Å². The molecule has 5 nitrogen and oxygen atoms in total. The molecule has 158 valence electrons. The molecule has 0 atom stereocenters. The minimum atomic E-state index is -0.0316. The van der Waals surface area contributed by atoms with Crippen LogP contribution in [-0.4, -0.2) is 25.2 Å². The number of nitrogens with zero attached hydrogens (tertiary/aromatic N) is 1. The molecule has 2 rings (SSSR count). The van der Waals surface area contributed by atoms with Crippen LogP contribution in [0.15, 0.2) is 52.4 Å². The molecule has 0 aliphatic carbocycles. The zero-order valence-electron chi connectivity index (χ0n) is 17.7. The predicted octanol–water partition coefficient (Wildman–Crippen LogP) is 4.79. The van der Waals surface area contributed by atoms with E-state index in [9.17, 15) is 4.79 Å². The number of amides is 1. The third kappa shape index (κ3) is 8.26. The standard InChI is InChI=1S/C22H30N4OS.HI/c1-15(2)21(27)26-19-10-7-17(8-11-19)13-24-22(23-4)25-14-18-9-6-16(3)12-20(18)28-5;/h6-12,15H,13-14H2,1-5H3,(H,26,27)(H2,23,24,25);1H. The van der Waals surface area contributed by atoms with E-state index in [1.54, 1.807) is 18.8 Å². The first-order valence-electron chi connectivity index (χ1n) is 9.40. The van der Waals surface area contributed by atoms with Gasteiger partial charge in [0, 0.05) is 36.6 Å². The van der Waals surface area contributed by atoms with Crippen LogP contribution in [0.2, 0.25) is 0 Å². The van der Waals surface area contributed by atoms with Crippen molar-refractivity contribution < 1.29 is 4.79 Å². The van der Waals surface area contributed by atoms with Crippen LogP contribution in [-0.2, 0) is 17.9 Å². The van der Waals surface area contributed by atoms with Crippen molar-refractivity contribution in [3.05, 3.63) is 59.2 Å². The van der Waals surface area contributed by atoms with Gasteiger partial charge < -0.3 is 16.0 Å². The first-order chi connectivity index (χ1) is 13.4. The van der Waals surface area contributed by atoms with Crippen molar-refractivity contribution in [2.24, 2.45) is 10.9 Å². The lowest BCUT2D eigenvalue weighted by atomic mass is 10.1. The smallest absolute Gasteiger partial charge is 0.226 e. The Morgan fingerprint density at radius 3 is 2.31 bits per heavy atom. The number of benzene rings is 2. The Bertz CT molecular complexity index is 822. The van der Waals surface area contributed by atoms with Gasteiger partial charge in [0.05, 0.1) is 0 Å². The molecule has 0 aliphatic heterocycles. The van der Waals surface area contributed by atoms with E-state index in [0.29, 0.717) is 6.54 Å². The molecule has 0 saturated heterocycles. The minimum absolute atomic E-state index is 0. The van der Waals surface area contributed by atoms with Gasteiger partial charge in [0.2, 0.25) is 5.91 Å². The number of aryl methyl sites for hydroxylation is 1. The fourth-order valence-electron chi connectivity index (χ4n) is 2.58. The van der Waals surface area contributed by atoms with E-state index in [1.807, 2.05) is 38.1 Å². The molecule has 0 radical (unpaired) electrons. The normalized spacial score (nSPS) is 11.0. The summed E-state index contributed by atoms with van der Waals surface area (Å²) in [6.07, 6.45) is 2.10. The van der Waals surface area contributed by atoms with Gasteiger partial charge in [-0.05, 0) is 48.1 Å². The fraction of sp³-hybridized carbons (Fsp3) is 0.364. The average Bonchev–Trinajstić information content (AvgIpc) is 2.69. The van der Waals surface area contributed by atoms with Gasteiger partial charge >= 0.3 is 0 Å². The predicted molar refractivity (Wildman–Crippen MR) is 135 cm³/mol. The van der Waals surface area contributed by atoms with Crippen LogP contribution in [0.5, 0.6) is 0 Å². The highest BCUT2D eigenvalue weighted by Gasteiger charge is 2.07. The molecule has 0 aliphatic rings. The molecule has 0 aromatic heterocycles. The van der Waals surface area contributed by atoms with Crippen molar-refractivity contribution in [1.82, 2.24) is 10.6 Å². The highest BCUT2D eigenvalue weighted by atomic mass is 127. The molecule has 0 fully saturated rings. The quantitative estimate of drug-likeness (QED) is 0.210. The highest BCUT2D eigenvalue weighted by molar-refractivity contribution is 14.0. The molecule has 0 spiro atoms. The average molecular weight is 526 g/mol. The van der Waals surface area contributed by atoms with E-state index in [-0.39, 0.29) is 35.8 Å². The van der Waals surface area contributed by atoms with Gasteiger partial charge in [0.15, 0.2) is 5.96 Å². The lowest BCUT2D eigenvalue weighted by Crippen LogP contribution is -2.36. The summed E-state index contributed by atoms with van der Waals surface area (Å²) in [5.41, 5.74) is 4.45. The van der Waals surface area contributed by atoms with Gasteiger partial charge in [-0.3, -0.25) is 9.79 Å². The van der Waals surface area contributed by atoms with Crippen molar-refractivity contribution in [1.29, 1.82) is 0 Å². The minimum Gasteiger partial charge on any atom is -0.352 e. The molecular weight excluding hydrogens is 495 g/mol. The molecule has 2 aromatic carbocycles. The summed E-state index contributed by atoms with van der Waals surface area (Å²) >= 11 is 1.76. The second kappa shape index (κ2) is 12.7. The number of rotatable bonds is 7. The van der Waals surface area contributed by atoms with Gasteiger partial charge in [-0.15, -0.1) is 35.7 Å². The maximum absolute atomic E-state index is 11.8. The number of hydrogen-bond acceptors (Lipinski definition) is 3. The molecular formula is C22H31IN4OS. The lowest BCUT2D eigenvalue weighted by Gasteiger charge is -2.14. The zero-order valence-corrected chi connectivity index (χ0v) is 20.9. The van der Waals surface area contributed by atoms with Gasteiger partial charge in [0.25, 0.3) is 0 Å². The molecule has 2 aromatic rings. The van der Waals surface area contributed by atoms with E-state index in [1.165, 1.54) is 16.0 Å². The maximum Gasteiger partial charge on any atom is 0.226 e. The molecule has 0 heterocycles. The first-order valence-corrected chi connectivity index (χ1v) is 10.6. The van der Waals surface area contributed by atoms with Crippen LogP contribution in [0.4, 0.5) is 5.69 Å². The summed E-state index contributed by atoms with van der Waals surface area (Å²) in [6, 6.07) is 14.3. The number of carbonyl (C=O) groups is 1. The van der Waals surface area contributed by atoms with Crippen LogP contribution < -0.4 is 16.0 Å². The number of hydrogen-bond donors (Lipinski definition) is 3. The number of thioether (sulfide) groups is 1. The van der Waals surface area contributed by atoms with Crippen molar-refractivity contribution >= 4 is 53.3 Å². The summed E-state index contributed by atoms with van der Waals surface area (Å²) in [4.78, 5) is 17.3. The molecule has 0 bridgehead atoms. The number of guanidine groups is 1. The zero-order chi connectivity index (χ0) is 20.5. The molecule has 3 N–H and O–H groups in total. The maximum atomic E-state index is 11.8. The Morgan fingerprint density at radius 1 is 1.07 bits per heavy atom. The Kier molecular flexibility index (Phi) is 11.1. The Hall–Kier alpha value is -1.74. The molecule has 7 heteroatoms. The number of nitrogens with one attached hydrogen (secondary N) is 3. The number of halogens is 1. The summed E-state index contributed by atoms with van der Waals surface area (Å²) in [5, 5.41) is 9.60. The molecule has 0 unspecified atom stereocenters. The Balaban J connectivity index is 0.00000420. The number of aliphatic imine (C=N–C) groups is 1. The van der Waals surface area contributed by atoms with Crippen molar-refractivity contribution in [2.75, 3.05) is 18.6 Å². The van der Waals surface area contributed by atoms with E-state index >= 15 is 0 Å². The lowest BCUT2D eigenvalue weighted by molar-refractivity contribution is -0.118. The summed E-state index contributed by atoms with van der Waals surface area (Å²) in [7, 11) is 1.77. The van der Waals surface area contributed by atoms with Crippen molar-refractivity contribution in [3.63, 3.8) is 0 Å². The van der Waals surface area contributed by atoms with Gasteiger partial charge in [-0.25, -0.2) is 0 Å². The van der Waals surface area contributed by atoms with E-state index in [0.717, 1.165) is 23.8 Å². The Morgan fingerprint density at radius 2 is 1.72 bits per heavy atom. The SMILES string of the molecule is CN=C(NCc1ccc(NC(=O)C(C)C)cc1)NCc1ccc(C)cc1SC.I. The van der Waals surface area contributed by atoms with Crippen molar-refractivity contribution in [3.8, 4) is 0 Å². The molecule has 0 saturated carbocycles. The van der Waals surface area contributed by atoms with Gasteiger partial charge in [0.1, 0.15) is 0 Å². The van der Waals surface area contributed by atoms with Gasteiger partial charge in [-0.1, -0.05) is 38.1 Å². The van der Waals surface area contributed by atoms with E-state index < -0.39 is 0 Å². The fourth-order valence-corrected chi connectivity index (χ4v) is 3.28. The molecule has 1 amide bonds. The summed E-state index contributed by atoms with van der Waals surface area (Å²) in [5.74, 6) is 0.747. The van der Waals surface area contributed by atoms with E-state index in [2.05, 4.69) is 52.3 Å². The largest absolute Gasteiger partial charge is 0.352 e. The third-order valence-electron chi connectivity index (χ3n) is 4.32. The summed E-state index contributed by atoms with van der Waals surface area (Å²) < 4.78 is 0. The van der Waals surface area contributed by atoms with Crippen LogP contribution >= 0.6 is 35.7 Å². The van der Waals surface area contributed by atoms with E-state index in [4.69, 9.17) is 0 Å². The number of carbonyl (C=O) groups excluding carboxylic acids is 1. The van der Waals surface area contributed by atoms with Crippen molar-refractivity contribution in [2.45, 2.75) is 38.8 Å². The number of anilines is 1. The molecule has 29 heavy (non-hydrogen) atoms. The van der Waals surface area contributed by atoms with Crippen LogP contribution in [0.3, 0.4) is 0 Å². The second-order valence-electron chi connectivity index (χ2n) is 6.94. The highest BCUT2D eigenvalue weighted by Crippen LogP contribution is 2.21. The van der Waals surface area contributed by atoms with Crippen LogP contribution in [0.25, 0.3) is 0 Å². The third-order valence-corrected chi connectivity index (χ3v) is 5.14. The van der Waals surface area contributed by atoms with Crippen LogP contribution in [0, 0.1) is 12.8 Å². The second-order valence-corrected chi connectivity index (χ2v) is 7.78. The Labute approximate surface area is 195 Å². The summed E-state index contributed by atoms with van der Waals surface area (Å²) in [6.45, 7) is 7.24. The monoisotopic (exact) mass is 526 g/mol. The first kappa shape index (κ1) is 25.3. The van der Waals surface area contributed by atoms with Crippen LogP contribution in [0.1, 0.15) is 30.5 Å². The van der Waals surface area contributed by atoms with Gasteiger partial charge in [-0.2, -0.15) is 0 Å².